The summed E-state index contributed by atoms with van der Waals surface area (Å²) in [5, 5.41) is 0. The normalized spacial score (nSPS) is 13.1. The van der Waals surface area contributed by atoms with Gasteiger partial charge in [-0.1, -0.05) is 239 Å². The summed E-state index contributed by atoms with van der Waals surface area (Å²) in [4.78, 5) is 3.63. The van der Waals surface area contributed by atoms with E-state index >= 15 is 0 Å². The number of benzene rings is 7. The van der Waals surface area contributed by atoms with Crippen molar-refractivity contribution in [2.24, 2.45) is 0 Å². The number of terminal acetylenes is 1. The molecule has 0 atom stereocenters. The molecule has 0 N–H and O–H groups in total. The van der Waals surface area contributed by atoms with Gasteiger partial charge >= 0.3 is 0 Å². The molecule has 0 amide bonds. The van der Waals surface area contributed by atoms with Gasteiger partial charge in [-0.25, -0.2) is 0 Å². The number of allylic oxidation sites excluding steroid dienone is 14. The van der Waals surface area contributed by atoms with Crippen LogP contribution in [0, 0.1) is 26.7 Å². The highest BCUT2D eigenvalue weighted by atomic mass is 32.2. The van der Waals surface area contributed by atoms with Crippen LogP contribution < -0.4 is 4.90 Å². The van der Waals surface area contributed by atoms with E-state index in [0.717, 1.165) is 17.7 Å². The van der Waals surface area contributed by atoms with Crippen molar-refractivity contribution in [1.29, 1.82) is 0 Å². The van der Waals surface area contributed by atoms with E-state index in [0.29, 0.717) is 0 Å². The molecule has 0 aromatic heterocycles. The number of nitrogens with zero attached hydrogens (tertiary/aromatic N) is 1. The van der Waals surface area contributed by atoms with Crippen LogP contribution >= 0.6 is 11.8 Å². The highest BCUT2D eigenvalue weighted by Gasteiger charge is 2.45. The maximum atomic E-state index is 4.00. The average Bonchev–Trinajstić information content (AvgIpc) is 3.74. The van der Waals surface area contributed by atoms with E-state index in [4.69, 9.17) is 0 Å². The lowest BCUT2D eigenvalue weighted by molar-refractivity contribution is 0.741. The van der Waals surface area contributed by atoms with Crippen LogP contribution in [0.2, 0.25) is 0 Å². The Morgan fingerprint density at radius 1 is 0.627 bits per heavy atom. The highest BCUT2D eigenvalue weighted by molar-refractivity contribution is 7.98. The second-order valence-corrected chi connectivity index (χ2v) is 19.4. The third-order valence-electron chi connectivity index (χ3n) is 13.8. The Bertz CT molecular complexity index is 3240. The van der Waals surface area contributed by atoms with Gasteiger partial charge < -0.3 is 4.90 Å². The zero-order valence-corrected chi connectivity index (χ0v) is 46.2. The fourth-order valence-corrected chi connectivity index (χ4v) is 11.1. The first-order valence-corrected chi connectivity index (χ1v) is 26.9. The molecule has 1 aliphatic carbocycles. The minimum absolute atomic E-state index is 0.274. The van der Waals surface area contributed by atoms with Crippen molar-refractivity contribution in [3.63, 3.8) is 0 Å². The van der Waals surface area contributed by atoms with Gasteiger partial charge in [-0.3, -0.25) is 0 Å². The number of hydrogen-bond acceptors (Lipinski definition) is 2. The van der Waals surface area contributed by atoms with E-state index in [1.54, 1.807) is 0 Å². The lowest BCUT2D eigenvalue weighted by Crippen LogP contribution is -2.29. The van der Waals surface area contributed by atoms with Crippen molar-refractivity contribution < 1.29 is 0 Å². The molecule has 0 fully saturated rings. The van der Waals surface area contributed by atoms with Crippen LogP contribution in [0.1, 0.15) is 101 Å². The van der Waals surface area contributed by atoms with Gasteiger partial charge in [-0.15, -0.1) is 24.6 Å². The van der Waals surface area contributed by atoms with E-state index in [2.05, 4.69) is 292 Å². The van der Waals surface area contributed by atoms with E-state index in [1.165, 1.54) is 99.8 Å². The summed E-state index contributed by atoms with van der Waals surface area (Å²) in [5.41, 5.74) is 22.7. The quantitative estimate of drug-likeness (QED) is 0.0508. The molecule has 0 bridgehead atoms. The molecule has 0 radical (unpaired) electrons. The third-order valence-corrected chi connectivity index (χ3v) is 15.1. The summed E-state index contributed by atoms with van der Waals surface area (Å²) in [6.45, 7) is 22.9. The minimum atomic E-state index is -0.274. The summed E-state index contributed by atoms with van der Waals surface area (Å²) in [5.74, 6) is 0.891. The van der Waals surface area contributed by atoms with Crippen molar-refractivity contribution >= 4 is 52.0 Å². The monoisotopic (exact) mass is 996 g/mol. The second-order valence-electron chi connectivity index (χ2n) is 18.4. The van der Waals surface area contributed by atoms with Crippen molar-refractivity contribution in [2.75, 3.05) is 11.9 Å². The van der Waals surface area contributed by atoms with Crippen molar-refractivity contribution in [1.82, 2.24) is 0 Å². The van der Waals surface area contributed by atoms with Gasteiger partial charge in [0.25, 0.3) is 0 Å². The maximum Gasteiger partial charge on any atom is 0.0673 e. The molecule has 8 rings (SSSR count). The SMILES string of the molecule is C#C.C=C/C=C(\C=C/C)c1ccc(/C=C\C(=C/C)c2ccc(SCc3ccc(C)c(/C=C\C)c3N(C)c3ccccc3)c(C)c2)cc1.C=C/C=C\C1=C(C)C(c2ccccc2)(c2ccccc2)c2cc(CC)ccc21. The largest absolute Gasteiger partial charge is 0.344 e. The fourth-order valence-electron chi connectivity index (χ4n) is 10.1. The van der Waals surface area contributed by atoms with Crippen molar-refractivity contribution in [2.45, 2.75) is 71.0 Å². The Morgan fingerprint density at radius 3 is 1.84 bits per heavy atom. The van der Waals surface area contributed by atoms with E-state index in [-0.39, 0.29) is 5.41 Å². The van der Waals surface area contributed by atoms with E-state index in [1.807, 2.05) is 43.0 Å². The van der Waals surface area contributed by atoms with Crippen LogP contribution in [-0.4, -0.2) is 7.05 Å². The molecule has 0 unspecified atom stereocenters. The average molecular weight is 996 g/mol. The first-order valence-electron chi connectivity index (χ1n) is 25.9. The van der Waals surface area contributed by atoms with Crippen LogP contribution in [0.15, 0.2) is 248 Å². The number of hydrogen-bond donors (Lipinski definition) is 0. The van der Waals surface area contributed by atoms with E-state index < -0.39 is 0 Å². The molecule has 1 aliphatic rings. The molecule has 2 heteroatoms. The molecule has 0 saturated carbocycles. The first-order chi connectivity index (χ1) is 36.6. The Hall–Kier alpha value is -8.09. The Morgan fingerprint density at radius 2 is 1.27 bits per heavy atom. The van der Waals surface area contributed by atoms with E-state index in [9.17, 15) is 0 Å². The Balaban J connectivity index is 0.000000260. The Kier molecular flexibility index (Phi) is 20.9. The number of rotatable bonds is 17. The third kappa shape index (κ3) is 13.0. The molecule has 75 heavy (non-hydrogen) atoms. The van der Waals surface area contributed by atoms with Gasteiger partial charge in [-0.05, 0) is 150 Å². The summed E-state index contributed by atoms with van der Waals surface area (Å²) in [6, 6.07) is 59.5. The molecular weight excluding hydrogens is 923 g/mol. The predicted octanol–water partition coefficient (Wildman–Crippen LogP) is 20.0. The van der Waals surface area contributed by atoms with Crippen LogP contribution in [0.4, 0.5) is 11.4 Å². The smallest absolute Gasteiger partial charge is 0.0673 e. The summed E-state index contributed by atoms with van der Waals surface area (Å²) in [7, 11) is 2.17. The fraction of sp³-hybridized carbons (Fsp3) is 0.151. The van der Waals surface area contributed by atoms with Gasteiger partial charge in [-0.2, -0.15) is 0 Å². The first kappa shape index (κ1) is 56.2. The number of aryl methyl sites for hydroxylation is 3. The molecule has 0 spiro atoms. The van der Waals surface area contributed by atoms with Gasteiger partial charge in [0.15, 0.2) is 0 Å². The molecule has 376 valence electrons. The number of para-hydroxylation sites is 1. The molecular formula is C73H73NS. The maximum absolute atomic E-state index is 4.00. The van der Waals surface area contributed by atoms with Crippen LogP contribution in [0.5, 0.6) is 0 Å². The summed E-state index contributed by atoms with van der Waals surface area (Å²) < 4.78 is 0. The van der Waals surface area contributed by atoms with Crippen LogP contribution in [0.25, 0.3) is 28.9 Å². The lowest BCUT2D eigenvalue weighted by atomic mass is 9.67. The highest BCUT2D eigenvalue weighted by Crippen LogP contribution is 2.55. The van der Waals surface area contributed by atoms with Crippen LogP contribution in [-0.2, 0) is 17.6 Å². The second kappa shape index (κ2) is 27.8. The van der Waals surface area contributed by atoms with Crippen molar-refractivity contribution in [3.05, 3.63) is 310 Å². The topological polar surface area (TPSA) is 3.24 Å². The van der Waals surface area contributed by atoms with Crippen LogP contribution in [0.3, 0.4) is 0 Å². The molecule has 0 saturated heterocycles. The molecule has 1 nitrogen and oxygen atoms in total. The van der Waals surface area contributed by atoms with Gasteiger partial charge in [0.2, 0.25) is 0 Å². The molecule has 7 aromatic carbocycles. The minimum Gasteiger partial charge on any atom is -0.344 e. The number of anilines is 2. The van der Waals surface area contributed by atoms with Gasteiger partial charge in [0.05, 0.1) is 11.1 Å². The van der Waals surface area contributed by atoms with Gasteiger partial charge in [0, 0.05) is 28.9 Å². The summed E-state index contributed by atoms with van der Waals surface area (Å²) in [6.07, 6.45) is 34.1. The standard InChI is InChI=1S/C43H45NS.C28H26.C2H2/c1-8-15-36(16-9-2)37-26-22-34(23-27-37)21-25-35(11-4)38-28-29-42(33(6)30-38)45-31-39-24-20-32(5)41(17-10-3)43(39)44(7)40-18-13-12-14-19-40;1-4-6-17-25-21(3)28(23-13-9-7-10-14-23,24-15-11-8-12-16-24)27-20-22(5-2)18-19-26(25)27;1-2/h8-30H,1,31H2,2-7H3;4,6-20H,1,5H2,2-3H3;1-2H/b16-9-,17-10-,25-21-,35-11+,36-15+;17-6-;. The summed E-state index contributed by atoms with van der Waals surface area (Å²) >= 11 is 1.90. The zero-order chi connectivity index (χ0) is 53.7. The van der Waals surface area contributed by atoms with Gasteiger partial charge in [0.1, 0.15) is 0 Å². The van der Waals surface area contributed by atoms with Crippen molar-refractivity contribution in [3.8, 4) is 12.8 Å². The lowest BCUT2D eigenvalue weighted by Gasteiger charge is -2.34. The molecule has 0 heterocycles. The molecule has 0 aliphatic heterocycles. The predicted molar refractivity (Wildman–Crippen MR) is 334 cm³/mol. The number of fused-ring (bicyclic) bond motifs is 1. The zero-order valence-electron chi connectivity index (χ0n) is 45.4. The Labute approximate surface area is 455 Å². The number of thioether (sulfide) groups is 1. The molecule has 7 aromatic rings.